The van der Waals surface area contributed by atoms with Gasteiger partial charge in [0.25, 0.3) is 0 Å². The van der Waals surface area contributed by atoms with Gasteiger partial charge in [0.15, 0.2) is 0 Å². The molecule has 3 heteroatoms. The van der Waals surface area contributed by atoms with Crippen LogP contribution < -0.4 is 0 Å². The number of rotatable bonds is 6. The van der Waals surface area contributed by atoms with E-state index in [0.29, 0.717) is 6.04 Å². The Kier molecular flexibility index (Phi) is 6.84. The molecule has 3 rings (SSSR count). The highest BCUT2D eigenvalue weighted by atomic mass is 16.5. The summed E-state index contributed by atoms with van der Waals surface area (Å²) in [5, 5.41) is 0. The quantitative estimate of drug-likeness (QED) is 0.711. The zero-order chi connectivity index (χ0) is 18.0. The number of piperazine rings is 1. The van der Waals surface area contributed by atoms with Crippen LogP contribution in [0.25, 0.3) is 0 Å². The van der Waals surface area contributed by atoms with E-state index in [1.165, 1.54) is 58.2 Å². The van der Waals surface area contributed by atoms with Crippen molar-refractivity contribution in [2.24, 2.45) is 23.7 Å². The zero-order valence-electron chi connectivity index (χ0n) is 17.4. The molecule has 1 aliphatic heterocycles. The normalized spacial score (nSPS) is 38.3. The van der Waals surface area contributed by atoms with E-state index < -0.39 is 0 Å². The lowest BCUT2D eigenvalue weighted by Crippen LogP contribution is -2.62. The molecule has 2 aliphatic carbocycles. The van der Waals surface area contributed by atoms with Crippen molar-refractivity contribution >= 4 is 0 Å². The van der Waals surface area contributed by atoms with Crippen LogP contribution in [-0.4, -0.2) is 61.3 Å². The van der Waals surface area contributed by atoms with Gasteiger partial charge in [-0.2, -0.15) is 0 Å². The molecule has 0 N–H and O–H groups in total. The second-order valence-corrected chi connectivity index (χ2v) is 9.78. The van der Waals surface area contributed by atoms with Crippen molar-refractivity contribution in [3.05, 3.63) is 0 Å². The first-order valence-corrected chi connectivity index (χ1v) is 11.0. The first-order chi connectivity index (χ1) is 12.0. The van der Waals surface area contributed by atoms with E-state index in [4.69, 9.17) is 4.74 Å². The van der Waals surface area contributed by atoms with Crippen LogP contribution >= 0.6 is 0 Å². The lowest BCUT2D eigenvalue weighted by atomic mass is 9.72. The molecule has 0 amide bonds. The first-order valence-electron chi connectivity index (χ1n) is 11.0. The van der Waals surface area contributed by atoms with E-state index in [1.807, 2.05) is 7.11 Å². The minimum atomic E-state index is 0.611. The predicted octanol–water partition coefficient (Wildman–Crippen LogP) is 4.27. The smallest absolute Gasteiger partial charge is 0.0630 e. The molecule has 0 aromatic heterocycles. The molecule has 1 heterocycles. The highest BCUT2D eigenvalue weighted by Gasteiger charge is 2.41. The van der Waals surface area contributed by atoms with Crippen LogP contribution in [0, 0.1) is 23.7 Å². The van der Waals surface area contributed by atoms with Gasteiger partial charge in [0.1, 0.15) is 0 Å². The molecule has 0 unspecified atom stereocenters. The Hall–Kier alpha value is -0.120. The molecular formula is C22H42N2O. The summed E-state index contributed by atoms with van der Waals surface area (Å²) in [6, 6.07) is 2.27. The molecule has 2 saturated carbocycles. The third-order valence-electron chi connectivity index (χ3n) is 7.68. The van der Waals surface area contributed by atoms with Crippen LogP contribution in [0.3, 0.4) is 0 Å². The first kappa shape index (κ1) is 19.6. The average molecular weight is 351 g/mol. The summed E-state index contributed by atoms with van der Waals surface area (Å²) >= 11 is 0. The molecule has 25 heavy (non-hydrogen) atoms. The van der Waals surface area contributed by atoms with Gasteiger partial charge in [-0.05, 0) is 62.2 Å². The summed E-state index contributed by atoms with van der Waals surface area (Å²) in [6.45, 7) is 14.3. The molecule has 3 fully saturated rings. The van der Waals surface area contributed by atoms with Crippen molar-refractivity contribution in [2.45, 2.75) is 84.3 Å². The fourth-order valence-corrected chi connectivity index (χ4v) is 5.62. The minimum Gasteiger partial charge on any atom is -0.383 e. The fourth-order valence-electron chi connectivity index (χ4n) is 5.62. The molecular weight excluding hydrogens is 308 g/mol. The Morgan fingerprint density at radius 3 is 2.04 bits per heavy atom. The van der Waals surface area contributed by atoms with Gasteiger partial charge < -0.3 is 4.74 Å². The van der Waals surface area contributed by atoms with Gasteiger partial charge in [0.05, 0.1) is 6.61 Å². The highest BCUT2D eigenvalue weighted by molar-refractivity contribution is 4.96. The molecule has 3 nitrogen and oxygen atoms in total. The van der Waals surface area contributed by atoms with Gasteiger partial charge in [-0.25, -0.2) is 0 Å². The lowest BCUT2D eigenvalue weighted by molar-refractivity contribution is -0.0559. The summed E-state index contributed by atoms with van der Waals surface area (Å²) in [7, 11) is 1.88. The molecule has 0 aromatic carbocycles. The van der Waals surface area contributed by atoms with Crippen LogP contribution in [0.2, 0.25) is 0 Å². The van der Waals surface area contributed by atoms with E-state index in [2.05, 4.69) is 37.5 Å². The number of nitrogens with zero attached hydrogens (tertiary/aromatic N) is 2. The van der Waals surface area contributed by atoms with Crippen molar-refractivity contribution in [3.63, 3.8) is 0 Å². The Morgan fingerprint density at radius 1 is 0.840 bits per heavy atom. The maximum Gasteiger partial charge on any atom is 0.0630 e. The summed E-state index contributed by atoms with van der Waals surface area (Å²) in [4.78, 5) is 5.62. The monoisotopic (exact) mass is 350 g/mol. The number of methoxy groups -OCH3 is 1. The largest absolute Gasteiger partial charge is 0.383 e. The number of ether oxygens (including phenoxy) is 1. The molecule has 1 atom stereocenters. The van der Waals surface area contributed by atoms with Crippen molar-refractivity contribution in [2.75, 3.05) is 33.4 Å². The van der Waals surface area contributed by atoms with E-state index in [1.54, 1.807) is 0 Å². The second-order valence-electron chi connectivity index (χ2n) is 9.78. The van der Waals surface area contributed by atoms with Crippen molar-refractivity contribution in [1.29, 1.82) is 0 Å². The number of hydrogen-bond acceptors (Lipinski definition) is 3. The van der Waals surface area contributed by atoms with Crippen LogP contribution in [0.5, 0.6) is 0 Å². The Labute approximate surface area is 156 Å². The maximum atomic E-state index is 5.62. The highest BCUT2D eigenvalue weighted by Crippen LogP contribution is 2.39. The number of hydrogen-bond donors (Lipinski definition) is 0. The van der Waals surface area contributed by atoms with Gasteiger partial charge in [0.2, 0.25) is 0 Å². The van der Waals surface area contributed by atoms with Crippen LogP contribution in [0.4, 0.5) is 0 Å². The van der Waals surface area contributed by atoms with Crippen LogP contribution in [-0.2, 0) is 4.74 Å². The summed E-state index contributed by atoms with van der Waals surface area (Å²) in [5.74, 6) is 3.65. The maximum absolute atomic E-state index is 5.62. The summed E-state index contributed by atoms with van der Waals surface area (Å²) < 4.78 is 5.62. The lowest BCUT2D eigenvalue weighted by Gasteiger charge is -2.53. The van der Waals surface area contributed by atoms with Crippen molar-refractivity contribution in [3.8, 4) is 0 Å². The minimum absolute atomic E-state index is 0.611. The summed E-state index contributed by atoms with van der Waals surface area (Å²) in [5.41, 5.74) is 0. The third kappa shape index (κ3) is 4.59. The molecule has 0 bridgehead atoms. The topological polar surface area (TPSA) is 15.7 Å². The average Bonchev–Trinajstić information content (AvgIpc) is 2.55. The second kappa shape index (κ2) is 8.71. The van der Waals surface area contributed by atoms with Crippen LogP contribution in [0.1, 0.15) is 66.2 Å². The zero-order valence-corrected chi connectivity index (χ0v) is 17.4. The standard InChI is InChI=1S/C22H42N2O/c1-16(2)18-6-8-20(9-7-18)23-10-11-24(22(14-23)15-25-5)21-12-19(13-21)17(3)4/h16-22H,6-15H2,1-5H3/t18?,19?,20?,21?,22-/m0/s1. The van der Waals surface area contributed by atoms with Crippen molar-refractivity contribution < 1.29 is 4.74 Å². The van der Waals surface area contributed by atoms with Gasteiger partial charge >= 0.3 is 0 Å². The molecule has 3 aliphatic rings. The van der Waals surface area contributed by atoms with E-state index in [9.17, 15) is 0 Å². The predicted molar refractivity (Wildman–Crippen MR) is 106 cm³/mol. The van der Waals surface area contributed by atoms with Gasteiger partial charge in [-0.3, -0.25) is 9.80 Å². The molecule has 1 saturated heterocycles. The van der Waals surface area contributed by atoms with E-state index in [0.717, 1.165) is 42.4 Å². The Bertz CT molecular complexity index is 397. The van der Waals surface area contributed by atoms with E-state index in [-0.39, 0.29) is 0 Å². The summed E-state index contributed by atoms with van der Waals surface area (Å²) in [6.07, 6.45) is 8.55. The molecule has 0 spiro atoms. The molecule has 0 radical (unpaired) electrons. The Morgan fingerprint density at radius 2 is 1.48 bits per heavy atom. The van der Waals surface area contributed by atoms with Crippen LogP contribution in [0.15, 0.2) is 0 Å². The molecule has 146 valence electrons. The van der Waals surface area contributed by atoms with Gasteiger partial charge in [-0.1, -0.05) is 27.7 Å². The van der Waals surface area contributed by atoms with Gasteiger partial charge in [0, 0.05) is 44.9 Å². The molecule has 0 aromatic rings. The Balaban J connectivity index is 1.51. The SMILES string of the molecule is COC[C@@H]1CN(C2CCC(C(C)C)CC2)CCN1C1CC(C(C)C)C1. The van der Waals surface area contributed by atoms with E-state index >= 15 is 0 Å². The van der Waals surface area contributed by atoms with Gasteiger partial charge in [-0.15, -0.1) is 0 Å². The fraction of sp³-hybridized carbons (Fsp3) is 1.00. The third-order valence-corrected chi connectivity index (χ3v) is 7.68. The van der Waals surface area contributed by atoms with Crippen molar-refractivity contribution in [1.82, 2.24) is 9.80 Å².